The predicted molar refractivity (Wildman–Crippen MR) is 90.1 cm³/mol. The van der Waals surface area contributed by atoms with E-state index in [1.54, 1.807) is 0 Å². The molecule has 0 aliphatic rings. The molecule has 124 valence electrons. The second kappa shape index (κ2) is 7.37. The molecular formula is C17H25N5O. The number of carbonyl (C=O) groups is 1. The van der Waals surface area contributed by atoms with Crippen molar-refractivity contribution >= 4 is 5.91 Å². The maximum absolute atomic E-state index is 12.6. The number of rotatable bonds is 6. The van der Waals surface area contributed by atoms with Crippen molar-refractivity contribution in [2.45, 2.75) is 33.4 Å². The largest absolute Gasteiger partial charge is 0.353 e. The lowest BCUT2D eigenvalue weighted by Crippen LogP contribution is -2.38. The van der Waals surface area contributed by atoms with Crippen molar-refractivity contribution < 1.29 is 4.79 Å². The van der Waals surface area contributed by atoms with Crippen LogP contribution in [0, 0.1) is 20.8 Å². The molecular weight excluding hydrogens is 290 g/mol. The van der Waals surface area contributed by atoms with E-state index in [1.165, 1.54) is 0 Å². The lowest BCUT2D eigenvalue weighted by Gasteiger charge is -2.25. The van der Waals surface area contributed by atoms with Crippen LogP contribution in [-0.2, 0) is 11.3 Å². The Morgan fingerprint density at radius 2 is 1.96 bits per heavy atom. The summed E-state index contributed by atoms with van der Waals surface area (Å²) in [5.41, 5.74) is 2.15. The highest BCUT2D eigenvalue weighted by molar-refractivity contribution is 5.83. The highest BCUT2D eigenvalue weighted by atomic mass is 16.2. The molecule has 0 fully saturated rings. The number of amides is 1. The van der Waals surface area contributed by atoms with Crippen molar-refractivity contribution in [2.24, 2.45) is 0 Å². The predicted octanol–water partition coefficient (Wildman–Crippen LogP) is 1.62. The number of hydrogen-bond acceptors (Lipinski definition) is 4. The quantitative estimate of drug-likeness (QED) is 0.880. The van der Waals surface area contributed by atoms with Gasteiger partial charge in [0.15, 0.2) is 0 Å². The third-order valence-corrected chi connectivity index (χ3v) is 3.83. The highest BCUT2D eigenvalue weighted by Crippen LogP contribution is 2.21. The molecule has 0 unspecified atom stereocenters. The van der Waals surface area contributed by atoms with Crippen LogP contribution in [0.1, 0.15) is 28.8 Å². The number of aromatic nitrogens is 3. The number of aryl methyl sites for hydroxylation is 3. The van der Waals surface area contributed by atoms with Gasteiger partial charge >= 0.3 is 0 Å². The topological polar surface area (TPSA) is 63.1 Å². The van der Waals surface area contributed by atoms with E-state index in [4.69, 9.17) is 0 Å². The molecule has 0 spiro atoms. The van der Waals surface area contributed by atoms with E-state index in [1.807, 2.05) is 68.7 Å². The van der Waals surface area contributed by atoms with Crippen molar-refractivity contribution in [1.29, 1.82) is 0 Å². The van der Waals surface area contributed by atoms with E-state index >= 15 is 0 Å². The van der Waals surface area contributed by atoms with Gasteiger partial charge in [-0.25, -0.2) is 9.67 Å². The monoisotopic (exact) mass is 315 g/mol. The standard InChI is InChI=1S/C17H25N5O/c1-12-8-6-7-9-15(12)16(21(4)5)17(23)18-10-11-22-14(3)19-13(2)20-22/h6-9,16H,10-11H2,1-5H3,(H,18,23)/t16-/m0/s1. The smallest absolute Gasteiger partial charge is 0.242 e. The first-order valence-electron chi connectivity index (χ1n) is 7.78. The normalized spacial score (nSPS) is 12.4. The molecule has 0 bridgehead atoms. The summed E-state index contributed by atoms with van der Waals surface area (Å²) in [4.78, 5) is 18.8. The van der Waals surface area contributed by atoms with E-state index in [0.29, 0.717) is 13.1 Å². The van der Waals surface area contributed by atoms with Crippen molar-refractivity contribution in [2.75, 3.05) is 20.6 Å². The number of carbonyl (C=O) groups excluding carboxylic acids is 1. The molecule has 0 aliphatic carbocycles. The van der Waals surface area contributed by atoms with Crippen LogP contribution in [0.2, 0.25) is 0 Å². The van der Waals surface area contributed by atoms with Gasteiger partial charge in [0.05, 0.1) is 6.54 Å². The lowest BCUT2D eigenvalue weighted by atomic mass is 10.00. The average Bonchev–Trinajstić information content (AvgIpc) is 2.79. The molecule has 1 atom stereocenters. The highest BCUT2D eigenvalue weighted by Gasteiger charge is 2.23. The molecule has 6 heteroatoms. The van der Waals surface area contributed by atoms with E-state index < -0.39 is 0 Å². The van der Waals surface area contributed by atoms with E-state index in [2.05, 4.69) is 15.4 Å². The fourth-order valence-corrected chi connectivity index (χ4v) is 2.70. The van der Waals surface area contributed by atoms with Crippen LogP contribution in [0.3, 0.4) is 0 Å². The first kappa shape index (κ1) is 17.1. The van der Waals surface area contributed by atoms with Gasteiger partial charge < -0.3 is 5.32 Å². The molecule has 2 aromatic rings. The second-order valence-electron chi connectivity index (χ2n) is 5.94. The Kier molecular flexibility index (Phi) is 5.50. The van der Waals surface area contributed by atoms with Crippen molar-refractivity contribution in [3.8, 4) is 0 Å². The molecule has 23 heavy (non-hydrogen) atoms. The van der Waals surface area contributed by atoms with Gasteiger partial charge in [-0.2, -0.15) is 5.10 Å². The minimum absolute atomic E-state index is 0.00112. The summed E-state index contributed by atoms with van der Waals surface area (Å²) in [6.45, 7) is 6.95. The van der Waals surface area contributed by atoms with Gasteiger partial charge in [0.1, 0.15) is 17.7 Å². The number of benzene rings is 1. The molecule has 0 saturated heterocycles. The second-order valence-corrected chi connectivity index (χ2v) is 5.94. The summed E-state index contributed by atoms with van der Waals surface area (Å²) in [5, 5.41) is 7.31. The van der Waals surface area contributed by atoms with Crippen molar-refractivity contribution in [1.82, 2.24) is 25.0 Å². The molecule has 1 N–H and O–H groups in total. The Labute approximate surface area is 137 Å². The number of hydrogen-bond donors (Lipinski definition) is 1. The molecule has 1 heterocycles. The summed E-state index contributed by atoms with van der Waals surface area (Å²) in [6.07, 6.45) is 0. The van der Waals surface area contributed by atoms with Gasteiger partial charge in [-0.05, 0) is 46.0 Å². The zero-order chi connectivity index (χ0) is 17.0. The van der Waals surface area contributed by atoms with Gasteiger partial charge in [-0.1, -0.05) is 24.3 Å². The molecule has 6 nitrogen and oxygen atoms in total. The van der Waals surface area contributed by atoms with Crippen molar-refractivity contribution in [3.05, 3.63) is 47.0 Å². The first-order chi connectivity index (χ1) is 10.9. The van der Waals surface area contributed by atoms with Gasteiger partial charge in [0.25, 0.3) is 0 Å². The van der Waals surface area contributed by atoms with Crippen LogP contribution in [0.5, 0.6) is 0 Å². The SMILES string of the molecule is Cc1nc(C)n(CCNC(=O)[C@H](c2ccccc2C)N(C)C)n1. The van der Waals surface area contributed by atoms with Crippen LogP contribution >= 0.6 is 0 Å². The molecule has 2 rings (SSSR count). The fourth-order valence-electron chi connectivity index (χ4n) is 2.70. The van der Waals surface area contributed by atoms with Crippen LogP contribution in [-0.4, -0.2) is 46.2 Å². The summed E-state index contributed by atoms with van der Waals surface area (Å²) >= 11 is 0. The number of likely N-dealkylation sites (N-methyl/N-ethyl adjacent to an activating group) is 1. The first-order valence-corrected chi connectivity index (χ1v) is 7.78. The van der Waals surface area contributed by atoms with Gasteiger partial charge in [0, 0.05) is 6.54 Å². The summed E-state index contributed by atoms with van der Waals surface area (Å²) in [5.74, 6) is 1.61. The Morgan fingerprint density at radius 1 is 1.26 bits per heavy atom. The summed E-state index contributed by atoms with van der Waals surface area (Å²) < 4.78 is 1.81. The van der Waals surface area contributed by atoms with Crippen molar-refractivity contribution in [3.63, 3.8) is 0 Å². The number of nitrogens with one attached hydrogen (secondary N) is 1. The zero-order valence-corrected chi connectivity index (χ0v) is 14.5. The Morgan fingerprint density at radius 3 is 2.52 bits per heavy atom. The molecule has 1 aromatic carbocycles. The van der Waals surface area contributed by atoms with E-state index in [-0.39, 0.29) is 11.9 Å². The zero-order valence-electron chi connectivity index (χ0n) is 14.5. The van der Waals surface area contributed by atoms with Crippen LogP contribution < -0.4 is 5.32 Å². The minimum atomic E-state index is -0.297. The third kappa shape index (κ3) is 4.16. The number of nitrogens with zero attached hydrogens (tertiary/aromatic N) is 4. The molecule has 1 amide bonds. The minimum Gasteiger partial charge on any atom is -0.353 e. The molecule has 1 aromatic heterocycles. The summed E-state index contributed by atoms with van der Waals surface area (Å²) in [6, 6.07) is 7.69. The Bertz CT molecular complexity index is 677. The maximum Gasteiger partial charge on any atom is 0.242 e. The molecule has 0 aliphatic heterocycles. The third-order valence-electron chi connectivity index (χ3n) is 3.83. The van der Waals surface area contributed by atoms with E-state index in [9.17, 15) is 4.79 Å². The van der Waals surface area contributed by atoms with Crippen LogP contribution in [0.25, 0.3) is 0 Å². The van der Waals surface area contributed by atoms with Crippen LogP contribution in [0.4, 0.5) is 0 Å². The summed E-state index contributed by atoms with van der Waals surface area (Å²) in [7, 11) is 3.84. The Hall–Kier alpha value is -2.21. The van der Waals surface area contributed by atoms with Gasteiger partial charge in [-0.15, -0.1) is 0 Å². The van der Waals surface area contributed by atoms with Gasteiger partial charge in [-0.3, -0.25) is 9.69 Å². The average molecular weight is 315 g/mol. The molecule has 0 saturated carbocycles. The maximum atomic E-state index is 12.6. The van der Waals surface area contributed by atoms with Gasteiger partial charge in [0.2, 0.25) is 5.91 Å². The lowest BCUT2D eigenvalue weighted by molar-refractivity contribution is -0.125. The van der Waals surface area contributed by atoms with Crippen LogP contribution in [0.15, 0.2) is 24.3 Å². The van der Waals surface area contributed by atoms with E-state index in [0.717, 1.165) is 22.8 Å². The fraction of sp³-hybridized carbons (Fsp3) is 0.471. The molecule has 0 radical (unpaired) electrons. The Balaban J connectivity index is 2.02.